The van der Waals surface area contributed by atoms with Crippen LogP contribution in [0.4, 0.5) is 4.79 Å². The zero-order valence-corrected chi connectivity index (χ0v) is 12.3. The van der Waals surface area contributed by atoms with E-state index in [4.69, 9.17) is 10.1 Å². The van der Waals surface area contributed by atoms with Crippen molar-refractivity contribution < 1.29 is 9.53 Å². The average molecular weight is 274 g/mol. The maximum atomic E-state index is 12.3. The van der Waals surface area contributed by atoms with Gasteiger partial charge in [-0.25, -0.2) is 4.79 Å². The third-order valence-corrected chi connectivity index (χ3v) is 3.28. The van der Waals surface area contributed by atoms with Crippen LogP contribution >= 0.6 is 0 Å². The molecular formula is C16H22N2O2. The standard InChI is InChI=1S/C16H22N2O2/c1-16(2,3)20-15(19)18-10-9-13(17)11-14(18)12-7-5-4-6-8-12/h4-8,14,17H,9-11H2,1-3H3. The number of nitrogens with zero attached hydrogens (tertiary/aromatic N) is 1. The monoisotopic (exact) mass is 274 g/mol. The number of carbonyl (C=O) groups is 1. The van der Waals surface area contributed by atoms with Crippen molar-refractivity contribution in [3.63, 3.8) is 0 Å². The number of nitrogens with one attached hydrogen (secondary N) is 1. The van der Waals surface area contributed by atoms with Gasteiger partial charge in [0.2, 0.25) is 0 Å². The van der Waals surface area contributed by atoms with Crippen LogP contribution in [0.3, 0.4) is 0 Å². The first kappa shape index (κ1) is 14.6. The molecule has 4 nitrogen and oxygen atoms in total. The second kappa shape index (κ2) is 5.65. The molecule has 1 amide bonds. The first-order valence-electron chi connectivity index (χ1n) is 6.98. The number of carbonyl (C=O) groups excluding carboxylic acids is 1. The molecule has 1 fully saturated rings. The molecule has 1 atom stereocenters. The number of benzene rings is 1. The van der Waals surface area contributed by atoms with Crippen LogP contribution in [0.5, 0.6) is 0 Å². The highest BCUT2D eigenvalue weighted by Gasteiger charge is 2.32. The van der Waals surface area contributed by atoms with Crippen molar-refractivity contribution >= 4 is 11.8 Å². The quantitative estimate of drug-likeness (QED) is 0.847. The highest BCUT2D eigenvalue weighted by Crippen LogP contribution is 2.30. The molecular weight excluding hydrogens is 252 g/mol. The Morgan fingerprint density at radius 1 is 1.30 bits per heavy atom. The molecule has 108 valence electrons. The molecule has 1 aliphatic heterocycles. The molecule has 4 heteroatoms. The lowest BCUT2D eigenvalue weighted by molar-refractivity contribution is 0.0151. The van der Waals surface area contributed by atoms with E-state index in [1.54, 1.807) is 4.90 Å². The molecule has 1 heterocycles. The summed E-state index contributed by atoms with van der Waals surface area (Å²) in [5, 5.41) is 7.90. The van der Waals surface area contributed by atoms with Crippen molar-refractivity contribution in [3.05, 3.63) is 35.9 Å². The van der Waals surface area contributed by atoms with Crippen molar-refractivity contribution in [1.29, 1.82) is 5.41 Å². The van der Waals surface area contributed by atoms with Gasteiger partial charge >= 0.3 is 6.09 Å². The Labute approximate surface area is 120 Å². The first-order chi connectivity index (χ1) is 9.37. The zero-order chi connectivity index (χ0) is 14.8. The highest BCUT2D eigenvalue weighted by molar-refractivity contribution is 5.85. The number of amides is 1. The second-order valence-electron chi connectivity index (χ2n) is 6.16. The van der Waals surface area contributed by atoms with Gasteiger partial charge in [0.05, 0.1) is 6.04 Å². The van der Waals surface area contributed by atoms with E-state index in [1.165, 1.54) is 0 Å². The molecule has 1 unspecified atom stereocenters. The number of likely N-dealkylation sites (tertiary alicyclic amines) is 1. The summed E-state index contributed by atoms with van der Waals surface area (Å²) in [7, 11) is 0. The highest BCUT2D eigenvalue weighted by atomic mass is 16.6. The van der Waals surface area contributed by atoms with Gasteiger partial charge in [0.1, 0.15) is 5.60 Å². The summed E-state index contributed by atoms with van der Waals surface area (Å²) in [5.41, 5.74) is 1.25. The van der Waals surface area contributed by atoms with E-state index in [1.807, 2.05) is 51.1 Å². The third kappa shape index (κ3) is 3.59. The number of ether oxygens (including phenoxy) is 1. The Morgan fingerprint density at radius 2 is 1.95 bits per heavy atom. The molecule has 0 radical (unpaired) electrons. The minimum absolute atomic E-state index is 0.0905. The van der Waals surface area contributed by atoms with Crippen LogP contribution < -0.4 is 0 Å². The maximum absolute atomic E-state index is 12.3. The molecule has 0 bridgehead atoms. The molecule has 0 aromatic heterocycles. The predicted molar refractivity (Wildman–Crippen MR) is 79.1 cm³/mol. The Hall–Kier alpha value is -1.84. The summed E-state index contributed by atoms with van der Waals surface area (Å²) in [6.45, 7) is 6.16. The van der Waals surface area contributed by atoms with E-state index in [9.17, 15) is 4.79 Å². The molecule has 0 aliphatic carbocycles. The topological polar surface area (TPSA) is 53.4 Å². The van der Waals surface area contributed by atoms with Gasteiger partial charge in [-0.3, -0.25) is 0 Å². The number of piperidine rings is 1. The second-order valence-corrected chi connectivity index (χ2v) is 6.16. The Bertz CT molecular complexity index is 491. The molecule has 1 aromatic carbocycles. The van der Waals surface area contributed by atoms with Crippen LogP contribution in [0.15, 0.2) is 30.3 Å². The Balaban J connectivity index is 2.21. The van der Waals surface area contributed by atoms with E-state index in [0.717, 1.165) is 5.56 Å². The SMILES string of the molecule is CC(C)(C)OC(=O)N1CCC(=N)CC1c1ccccc1. The van der Waals surface area contributed by atoms with Crippen molar-refractivity contribution in [2.45, 2.75) is 45.3 Å². The summed E-state index contributed by atoms with van der Waals surface area (Å²) < 4.78 is 5.48. The van der Waals surface area contributed by atoms with Gasteiger partial charge in [0, 0.05) is 25.1 Å². The van der Waals surface area contributed by atoms with E-state index >= 15 is 0 Å². The zero-order valence-electron chi connectivity index (χ0n) is 12.3. The van der Waals surface area contributed by atoms with Crippen LogP contribution in [-0.2, 0) is 4.74 Å². The largest absolute Gasteiger partial charge is 0.444 e. The fourth-order valence-corrected chi connectivity index (χ4v) is 2.37. The lowest BCUT2D eigenvalue weighted by Gasteiger charge is -2.37. The lowest BCUT2D eigenvalue weighted by atomic mass is 9.94. The fraction of sp³-hybridized carbons (Fsp3) is 0.500. The van der Waals surface area contributed by atoms with Crippen molar-refractivity contribution in [3.8, 4) is 0 Å². The average Bonchev–Trinajstić information content (AvgIpc) is 2.37. The van der Waals surface area contributed by atoms with Gasteiger partial charge in [-0.05, 0) is 26.3 Å². The molecule has 2 rings (SSSR count). The first-order valence-corrected chi connectivity index (χ1v) is 6.98. The van der Waals surface area contributed by atoms with Crippen LogP contribution in [0.2, 0.25) is 0 Å². The minimum atomic E-state index is -0.497. The molecule has 0 saturated carbocycles. The molecule has 20 heavy (non-hydrogen) atoms. The summed E-state index contributed by atoms with van der Waals surface area (Å²) in [6.07, 6.45) is 0.921. The molecule has 1 aromatic rings. The van der Waals surface area contributed by atoms with Crippen LogP contribution in [0, 0.1) is 5.41 Å². The van der Waals surface area contributed by atoms with Gasteiger partial charge in [0.25, 0.3) is 0 Å². The summed E-state index contributed by atoms with van der Waals surface area (Å²) in [5.74, 6) is 0. The van der Waals surface area contributed by atoms with E-state index in [2.05, 4.69) is 0 Å². The maximum Gasteiger partial charge on any atom is 0.410 e. The molecule has 0 spiro atoms. The summed E-state index contributed by atoms with van der Waals surface area (Å²) >= 11 is 0. The van der Waals surface area contributed by atoms with Crippen LogP contribution in [0.25, 0.3) is 0 Å². The summed E-state index contributed by atoms with van der Waals surface area (Å²) in [6, 6.07) is 9.78. The fourth-order valence-electron chi connectivity index (χ4n) is 2.37. The van der Waals surface area contributed by atoms with Crippen molar-refractivity contribution in [2.24, 2.45) is 0 Å². The minimum Gasteiger partial charge on any atom is -0.444 e. The number of rotatable bonds is 1. The smallest absolute Gasteiger partial charge is 0.410 e. The van der Waals surface area contributed by atoms with Crippen molar-refractivity contribution in [1.82, 2.24) is 4.90 Å². The van der Waals surface area contributed by atoms with Gasteiger partial charge in [-0.1, -0.05) is 30.3 Å². The molecule has 1 saturated heterocycles. The van der Waals surface area contributed by atoms with E-state index < -0.39 is 5.60 Å². The Kier molecular flexibility index (Phi) is 4.12. The lowest BCUT2D eigenvalue weighted by Crippen LogP contribution is -2.43. The Morgan fingerprint density at radius 3 is 2.55 bits per heavy atom. The van der Waals surface area contributed by atoms with Crippen LogP contribution in [0.1, 0.15) is 45.2 Å². The van der Waals surface area contributed by atoms with Crippen molar-refractivity contribution in [2.75, 3.05) is 6.54 Å². The third-order valence-electron chi connectivity index (χ3n) is 3.28. The molecule has 1 N–H and O–H groups in total. The van der Waals surface area contributed by atoms with Gasteiger partial charge < -0.3 is 15.0 Å². The number of hydrogen-bond acceptors (Lipinski definition) is 3. The van der Waals surface area contributed by atoms with Crippen LogP contribution in [-0.4, -0.2) is 28.9 Å². The molecule has 1 aliphatic rings. The van der Waals surface area contributed by atoms with E-state index in [-0.39, 0.29) is 12.1 Å². The van der Waals surface area contributed by atoms with Gasteiger partial charge in [-0.2, -0.15) is 0 Å². The number of hydrogen-bond donors (Lipinski definition) is 1. The predicted octanol–water partition coefficient (Wildman–Crippen LogP) is 3.78. The van der Waals surface area contributed by atoms with E-state index in [0.29, 0.717) is 25.1 Å². The van der Waals surface area contributed by atoms with Gasteiger partial charge in [-0.15, -0.1) is 0 Å². The van der Waals surface area contributed by atoms with Gasteiger partial charge in [0.15, 0.2) is 0 Å². The normalized spacial score (nSPS) is 19.9. The summed E-state index contributed by atoms with van der Waals surface area (Å²) in [4.78, 5) is 14.1.